The molecule has 2 aliphatic carbocycles. The van der Waals surface area contributed by atoms with Crippen LogP contribution in [0, 0.1) is 0 Å². The quantitative estimate of drug-likeness (QED) is 0.101. The number of nitrogens with two attached hydrogens (primary N) is 1. The number of anilines is 6. The zero-order valence-electron chi connectivity index (χ0n) is 33.9. The van der Waals surface area contributed by atoms with Crippen molar-refractivity contribution >= 4 is 40.2 Å². The first-order chi connectivity index (χ1) is 29.6. The lowest BCUT2D eigenvalue weighted by molar-refractivity contribution is 0.988. The second-order valence-corrected chi connectivity index (χ2v) is 15.3. The van der Waals surface area contributed by atoms with Crippen molar-refractivity contribution in [2.45, 2.75) is 26.2 Å². The minimum Gasteiger partial charge on any atom is -0.398 e. The topological polar surface area (TPSA) is 44.5 Å². The number of para-hydroxylation sites is 5. The molecule has 0 aromatic heterocycles. The predicted molar refractivity (Wildman–Crippen MR) is 256 cm³/mol. The highest BCUT2D eigenvalue weighted by atomic mass is 15.2. The van der Waals surface area contributed by atoms with Gasteiger partial charge in [-0.1, -0.05) is 133 Å². The van der Waals surface area contributed by atoms with E-state index in [1.807, 2.05) is 18.2 Å². The van der Waals surface area contributed by atoms with Crippen LogP contribution in [0.4, 0.5) is 34.1 Å². The van der Waals surface area contributed by atoms with E-state index in [-0.39, 0.29) is 0 Å². The van der Waals surface area contributed by atoms with Crippen molar-refractivity contribution in [1.29, 1.82) is 0 Å². The van der Waals surface area contributed by atoms with Crippen LogP contribution in [0.15, 0.2) is 229 Å². The lowest BCUT2D eigenvalue weighted by atomic mass is 9.82. The summed E-state index contributed by atoms with van der Waals surface area (Å²) in [5.41, 5.74) is 24.5. The van der Waals surface area contributed by atoms with E-state index in [1.165, 1.54) is 11.1 Å². The minimum atomic E-state index is 0.749. The van der Waals surface area contributed by atoms with Crippen molar-refractivity contribution in [3.63, 3.8) is 0 Å². The smallest absolute Gasteiger partial charge is 0.0474 e. The maximum absolute atomic E-state index is 7.18. The van der Waals surface area contributed by atoms with E-state index in [4.69, 9.17) is 5.73 Å². The lowest BCUT2D eigenvalue weighted by Crippen LogP contribution is -2.21. The van der Waals surface area contributed by atoms with Gasteiger partial charge in [-0.15, -0.1) is 0 Å². The van der Waals surface area contributed by atoms with E-state index >= 15 is 0 Å². The summed E-state index contributed by atoms with van der Waals surface area (Å²) < 4.78 is 0. The minimum absolute atomic E-state index is 0.749. The first-order valence-corrected chi connectivity index (χ1v) is 20.7. The Morgan fingerprint density at radius 1 is 0.583 bits per heavy atom. The van der Waals surface area contributed by atoms with Crippen LogP contribution in [-0.4, -0.2) is 0 Å². The molecule has 7 aromatic rings. The maximum atomic E-state index is 7.18. The molecule has 0 unspecified atom stereocenters. The van der Waals surface area contributed by atoms with E-state index in [1.54, 1.807) is 0 Å². The summed E-state index contributed by atoms with van der Waals surface area (Å²) >= 11 is 0. The van der Waals surface area contributed by atoms with E-state index < -0.39 is 0 Å². The van der Waals surface area contributed by atoms with Gasteiger partial charge in [-0.2, -0.15) is 0 Å². The summed E-state index contributed by atoms with van der Waals surface area (Å²) in [6.45, 7) is 2.14. The Balaban J connectivity index is 1.34. The molecule has 292 valence electrons. The highest BCUT2D eigenvalue weighted by molar-refractivity contribution is 5.99. The zero-order valence-corrected chi connectivity index (χ0v) is 33.9. The number of fused-ring (bicyclic) bond motifs is 6. The van der Waals surface area contributed by atoms with Gasteiger partial charge in [0.25, 0.3) is 0 Å². The molecule has 0 heterocycles. The first kappa shape index (κ1) is 38.0. The molecule has 0 aliphatic heterocycles. The van der Waals surface area contributed by atoms with Crippen LogP contribution < -0.4 is 20.9 Å². The third-order valence-electron chi connectivity index (χ3n) is 11.2. The van der Waals surface area contributed by atoms with Crippen molar-refractivity contribution in [2.24, 2.45) is 0 Å². The number of benzene rings is 7. The normalized spacial score (nSPS) is 13.4. The molecule has 0 atom stereocenters. The van der Waals surface area contributed by atoms with Crippen molar-refractivity contribution in [3.8, 4) is 22.3 Å². The summed E-state index contributed by atoms with van der Waals surface area (Å²) in [5, 5.41) is 3.48. The molecular formula is C56H48N4. The summed E-state index contributed by atoms with van der Waals surface area (Å²) in [6, 6.07) is 62.3. The largest absolute Gasteiger partial charge is 0.398 e. The van der Waals surface area contributed by atoms with Crippen molar-refractivity contribution in [1.82, 2.24) is 0 Å². The Bertz CT molecular complexity index is 2720. The van der Waals surface area contributed by atoms with Crippen LogP contribution in [0.5, 0.6) is 0 Å². The number of hydrogen-bond donors (Lipinski definition) is 2. The SMILES string of the molecule is CC(/C=C\C(=C/c1cc(N(c2ccccc2)c2ccccc2)cc2c1-c1ccccc1Cc1cccc-2c1N)N(C1=CCCC=C1)c1ccccc1)=C\Nc1ccccc1. The molecular weight excluding hydrogens is 729 g/mol. The number of allylic oxidation sites excluding steroid dienone is 6. The average Bonchev–Trinajstić information content (AvgIpc) is 3.30. The Kier molecular flexibility index (Phi) is 11.1. The van der Waals surface area contributed by atoms with Gasteiger partial charge in [-0.25, -0.2) is 0 Å². The van der Waals surface area contributed by atoms with Crippen LogP contribution in [0.25, 0.3) is 28.3 Å². The molecule has 7 aromatic carbocycles. The van der Waals surface area contributed by atoms with E-state index in [2.05, 4.69) is 222 Å². The summed E-state index contributed by atoms with van der Waals surface area (Å²) in [6.07, 6.45) is 18.5. The third kappa shape index (κ3) is 8.09. The summed E-state index contributed by atoms with van der Waals surface area (Å²) in [5.74, 6) is 0. The Labute approximate surface area is 354 Å². The maximum Gasteiger partial charge on any atom is 0.0474 e. The van der Waals surface area contributed by atoms with Crippen LogP contribution in [-0.2, 0) is 6.42 Å². The Hall–Kier alpha value is -7.56. The molecule has 2 bridgehead atoms. The highest BCUT2D eigenvalue weighted by Crippen LogP contribution is 2.48. The van der Waals surface area contributed by atoms with Gasteiger partial charge >= 0.3 is 0 Å². The average molecular weight is 777 g/mol. The van der Waals surface area contributed by atoms with Gasteiger partial charge in [0, 0.05) is 63.7 Å². The standard InChI is InChI=1S/C56H48N4/c1-41(40-58-45-22-7-2-8-23-45)34-35-50(59(46-24-9-3-10-25-46)47-26-11-4-12-27-47)37-44-38-51(60(48-28-13-5-14-29-48)49-30-15-6-16-31-49)39-54-53-33-19-21-43(56(53)57)36-42-20-17-18-32-52(42)55(44)54/h2-3,5-11,13-35,37-40,58H,4,12,36,57H2,1H3/b35-34-,41-40+,50-37+. The molecule has 0 amide bonds. The molecule has 4 nitrogen and oxygen atoms in total. The molecule has 60 heavy (non-hydrogen) atoms. The van der Waals surface area contributed by atoms with Gasteiger partial charge < -0.3 is 20.9 Å². The first-order valence-electron chi connectivity index (χ1n) is 20.7. The van der Waals surface area contributed by atoms with Gasteiger partial charge in [-0.05, 0) is 138 Å². The fraction of sp³-hybridized carbons (Fsp3) is 0.0714. The van der Waals surface area contributed by atoms with Crippen LogP contribution in [0.2, 0.25) is 0 Å². The molecule has 9 rings (SSSR count). The number of hydrogen-bond acceptors (Lipinski definition) is 4. The molecule has 4 heteroatoms. The molecule has 0 spiro atoms. The Morgan fingerprint density at radius 3 is 1.88 bits per heavy atom. The van der Waals surface area contributed by atoms with Crippen LogP contribution in [0.3, 0.4) is 0 Å². The second-order valence-electron chi connectivity index (χ2n) is 15.3. The summed E-state index contributed by atoms with van der Waals surface area (Å²) in [7, 11) is 0. The van der Waals surface area contributed by atoms with Crippen LogP contribution >= 0.6 is 0 Å². The Morgan fingerprint density at radius 2 is 1.20 bits per heavy atom. The zero-order chi connectivity index (χ0) is 40.7. The monoisotopic (exact) mass is 776 g/mol. The predicted octanol–water partition coefficient (Wildman–Crippen LogP) is 14.6. The van der Waals surface area contributed by atoms with Crippen LogP contribution in [0.1, 0.15) is 36.5 Å². The van der Waals surface area contributed by atoms with Gasteiger partial charge in [0.05, 0.1) is 0 Å². The van der Waals surface area contributed by atoms with Crippen molar-refractivity contribution in [3.05, 3.63) is 246 Å². The molecule has 0 saturated heterocycles. The fourth-order valence-corrected chi connectivity index (χ4v) is 8.26. The van der Waals surface area contributed by atoms with E-state index in [0.29, 0.717) is 0 Å². The van der Waals surface area contributed by atoms with Gasteiger partial charge in [0.1, 0.15) is 0 Å². The fourth-order valence-electron chi connectivity index (χ4n) is 8.26. The van der Waals surface area contributed by atoms with E-state index in [0.717, 1.165) is 98.2 Å². The number of nitrogen functional groups attached to an aromatic ring is 1. The van der Waals surface area contributed by atoms with E-state index in [9.17, 15) is 0 Å². The molecule has 3 N–H and O–H groups in total. The molecule has 0 saturated carbocycles. The highest BCUT2D eigenvalue weighted by Gasteiger charge is 2.25. The number of rotatable bonds is 11. The molecule has 0 fully saturated rings. The van der Waals surface area contributed by atoms with Gasteiger partial charge in [0.2, 0.25) is 0 Å². The molecule has 0 radical (unpaired) electrons. The molecule has 2 aliphatic rings. The third-order valence-corrected chi connectivity index (χ3v) is 11.2. The van der Waals surface area contributed by atoms with Gasteiger partial charge in [0.15, 0.2) is 0 Å². The summed E-state index contributed by atoms with van der Waals surface area (Å²) in [4.78, 5) is 4.74. The van der Waals surface area contributed by atoms with Gasteiger partial charge in [-0.3, -0.25) is 0 Å². The van der Waals surface area contributed by atoms with Crippen molar-refractivity contribution < 1.29 is 0 Å². The number of nitrogens with zero attached hydrogens (tertiary/aromatic N) is 2. The lowest BCUT2D eigenvalue weighted by Gasteiger charge is -2.31. The second kappa shape index (κ2) is 17.5. The van der Waals surface area contributed by atoms with Crippen molar-refractivity contribution in [2.75, 3.05) is 20.9 Å². The number of nitrogens with one attached hydrogen (secondary N) is 1.